The second-order valence-corrected chi connectivity index (χ2v) is 11.5. The molecule has 9 rings (SSSR count). The third-order valence-electron chi connectivity index (χ3n) is 8.69. The second-order valence-electron chi connectivity index (χ2n) is 11.5. The summed E-state index contributed by atoms with van der Waals surface area (Å²) in [5.74, 6) is 1.91. The number of aromatic amines is 1. The molecule has 3 aromatic heterocycles. The van der Waals surface area contributed by atoms with Crippen LogP contribution in [0.1, 0.15) is 0 Å². The van der Waals surface area contributed by atoms with Gasteiger partial charge in [0.2, 0.25) is 5.88 Å². The molecule has 46 heavy (non-hydrogen) atoms. The first-order valence-corrected chi connectivity index (χ1v) is 15.2. The van der Waals surface area contributed by atoms with Crippen molar-refractivity contribution in [1.82, 2.24) is 19.5 Å². The molecule has 0 amide bonds. The number of ether oxygens (including phenoxy) is 1. The predicted molar refractivity (Wildman–Crippen MR) is 184 cm³/mol. The molecule has 1 aliphatic rings. The molecule has 0 unspecified atom stereocenters. The quantitative estimate of drug-likeness (QED) is 0.206. The minimum absolute atomic E-state index is 0.137. The predicted octanol–water partition coefficient (Wildman–Crippen LogP) is 8.77. The largest absolute Gasteiger partial charge is 0.506 e. The summed E-state index contributed by atoms with van der Waals surface area (Å²) < 4.78 is 8.42. The third kappa shape index (κ3) is 4.00. The van der Waals surface area contributed by atoms with E-state index in [9.17, 15) is 5.11 Å². The van der Waals surface area contributed by atoms with Crippen LogP contribution in [-0.2, 0) is 0 Å². The lowest BCUT2D eigenvalue weighted by molar-refractivity contribution is 0.467. The molecule has 0 saturated heterocycles. The molecule has 222 valence electrons. The normalized spacial score (nSPS) is 12.8. The van der Waals surface area contributed by atoms with Gasteiger partial charge in [0.15, 0.2) is 11.4 Å². The third-order valence-corrected chi connectivity index (χ3v) is 8.69. The van der Waals surface area contributed by atoms with E-state index in [1.807, 2.05) is 71.3 Å². The van der Waals surface area contributed by atoms with Gasteiger partial charge in [0.1, 0.15) is 17.1 Å². The van der Waals surface area contributed by atoms with Crippen molar-refractivity contribution in [2.24, 2.45) is 0 Å². The highest BCUT2D eigenvalue weighted by Crippen LogP contribution is 2.44. The molecule has 0 radical (unpaired) electrons. The molecular formula is C38H28N6O2. The lowest BCUT2D eigenvalue weighted by Gasteiger charge is -2.20. The summed E-state index contributed by atoms with van der Waals surface area (Å²) in [5.41, 5.74) is 8.22. The number of anilines is 3. The average Bonchev–Trinajstić information content (AvgIpc) is 3.77. The molecule has 8 aromatic rings. The van der Waals surface area contributed by atoms with Crippen molar-refractivity contribution in [1.29, 1.82) is 0 Å². The van der Waals surface area contributed by atoms with Gasteiger partial charge in [-0.05, 0) is 42.5 Å². The van der Waals surface area contributed by atoms with E-state index in [-0.39, 0.29) is 5.75 Å². The molecular weight excluding hydrogens is 572 g/mol. The second kappa shape index (κ2) is 10.1. The number of aromatic nitrogens is 4. The molecule has 0 atom stereocenters. The number of H-pyrrole nitrogens is 1. The fraction of sp³-hybridized carbons (Fsp3) is 0.0526. The number of hydrogen-bond donors (Lipinski definition) is 2. The highest BCUT2D eigenvalue weighted by atomic mass is 16.5. The van der Waals surface area contributed by atoms with Gasteiger partial charge in [-0.3, -0.25) is 4.57 Å². The Morgan fingerprint density at radius 3 is 2.17 bits per heavy atom. The zero-order valence-corrected chi connectivity index (χ0v) is 24.9. The van der Waals surface area contributed by atoms with Gasteiger partial charge in [0.05, 0.1) is 40.5 Å². The van der Waals surface area contributed by atoms with Crippen LogP contribution in [0.3, 0.4) is 0 Å². The minimum atomic E-state index is 0.137. The van der Waals surface area contributed by atoms with Crippen molar-refractivity contribution in [3.05, 3.63) is 127 Å². The van der Waals surface area contributed by atoms with Gasteiger partial charge in [-0.25, -0.2) is 4.98 Å². The van der Waals surface area contributed by atoms with Crippen molar-refractivity contribution in [2.45, 2.75) is 0 Å². The van der Waals surface area contributed by atoms with Crippen molar-refractivity contribution in [2.75, 3.05) is 23.5 Å². The monoisotopic (exact) mass is 600 g/mol. The lowest BCUT2D eigenvalue weighted by Crippen LogP contribution is -2.24. The highest BCUT2D eigenvalue weighted by Gasteiger charge is 2.26. The van der Waals surface area contributed by atoms with Gasteiger partial charge in [-0.15, -0.1) is 0 Å². The van der Waals surface area contributed by atoms with E-state index in [1.165, 1.54) is 11.4 Å². The van der Waals surface area contributed by atoms with Gasteiger partial charge >= 0.3 is 0 Å². The minimum Gasteiger partial charge on any atom is -0.506 e. The molecule has 0 spiro atoms. The van der Waals surface area contributed by atoms with Crippen molar-refractivity contribution in [3.8, 4) is 34.5 Å². The van der Waals surface area contributed by atoms with E-state index in [1.54, 1.807) is 12.1 Å². The van der Waals surface area contributed by atoms with Crippen LogP contribution in [0.4, 0.5) is 17.1 Å². The number of nitrogens with one attached hydrogen (secondary N) is 1. The first-order valence-electron chi connectivity index (χ1n) is 15.2. The Kier molecular flexibility index (Phi) is 5.76. The maximum Gasteiger partial charge on any atom is 0.221 e. The molecule has 8 nitrogen and oxygen atoms in total. The van der Waals surface area contributed by atoms with E-state index < -0.39 is 0 Å². The Morgan fingerprint density at radius 2 is 1.35 bits per heavy atom. The number of para-hydroxylation sites is 6. The van der Waals surface area contributed by atoms with E-state index >= 15 is 0 Å². The molecule has 0 fully saturated rings. The summed E-state index contributed by atoms with van der Waals surface area (Å²) >= 11 is 0. The zero-order chi connectivity index (χ0) is 30.8. The van der Waals surface area contributed by atoms with Crippen LogP contribution in [0.15, 0.2) is 127 Å². The molecule has 0 aliphatic carbocycles. The average molecular weight is 601 g/mol. The molecule has 2 N–H and O–H groups in total. The number of phenolic OH excluding ortho intramolecular Hbond substituents is 1. The molecule has 8 heteroatoms. The summed E-state index contributed by atoms with van der Waals surface area (Å²) in [6.07, 6.45) is 0. The smallest absolute Gasteiger partial charge is 0.221 e. The molecule has 1 aliphatic heterocycles. The van der Waals surface area contributed by atoms with Crippen LogP contribution in [0.5, 0.6) is 17.4 Å². The number of hydrogen-bond acceptors (Lipinski definition) is 6. The molecule has 4 heterocycles. The van der Waals surface area contributed by atoms with Crippen LogP contribution >= 0.6 is 0 Å². The van der Waals surface area contributed by atoms with Crippen molar-refractivity contribution < 1.29 is 9.84 Å². The maximum absolute atomic E-state index is 10.9. The van der Waals surface area contributed by atoms with E-state index in [0.717, 1.165) is 39.7 Å². The topological polar surface area (TPSA) is 82.4 Å². The summed E-state index contributed by atoms with van der Waals surface area (Å²) in [4.78, 5) is 18.2. The first kappa shape index (κ1) is 26.2. The number of rotatable bonds is 5. The number of aromatic hydroxyl groups is 1. The SMILES string of the molecule is CN1CN(c2cccc3c2[nH]c2c(Oc4ccc5nc(-c6ccccc6)n(-c6ccccc6O)c5n4)cccc23)c2ccccc21. The van der Waals surface area contributed by atoms with E-state index in [4.69, 9.17) is 14.7 Å². The Hall–Kier alpha value is -6.28. The van der Waals surface area contributed by atoms with Gasteiger partial charge in [0, 0.05) is 29.4 Å². The van der Waals surface area contributed by atoms with Gasteiger partial charge in [0.25, 0.3) is 0 Å². The van der Waals surface area contributed by atoms with E-state index in [2.05, 4.69) is 70.4 Å². The van der Waals surface area contributed by atoms with Crippen LogP contribution < -0.4 is 14.5 Å². The molecule has 0 saturated carbocycles. The number of phenols is 1. The first-order chi connectivity index (χ1) is 22.6. The molecule has 0 bridgehead atoms. The Morgan fingerprint density at radius 1 is 0.652 bits per heavy atom. The van der Waals surface area contributed by atoms with Crippen molar-refractivity contribution >= 4 is 50.0 Å². The number of nitrogens with zero attached hydrogens (tertiary/aromatic N) is 5. The van der Waals surface area contributed by atoms with Gasteiger partial charge in [-0.2, -0.15) is 4.98 Å². The zero-order valence-electron chi connectivity index (χ0n) is 24.9. The van der Waals surface area contributed by atoms with Crippen LogP contribution in [0, 0.1) is 0 Å². The van der Waals surface area contributed by atoms with E-state index in [0.29, 0.717) is 34.3 Å². The summed E-state index contributed by atoms with van der Waals surface area (Å²) in [6, 6.07) is 41.9. The molecule has 5 aromatic carbocycles. The summed E-state index contributed by atoms with van der Waals surface area (Å²) in [5, 5.41) is 13.1. The number of imidazole rings is 1. The number of pyridine rings is 1. The lowest BCUT2D eigenvalue weighted by atomic mass is 10.1. The fourth-order valence-electron chi connectivity index (χ4n) is 6.57. The van der Waals surface area contributed by atoms with Crippen LogP contribution in [0.2, 0.25) is 0 Å². The summed E-state index contributed by atoms with van der Waals surface area (Å²) in [6.45, 7) is 0.761. The van der Waals surface area contributed by atoms with Gasteiger partial charge < -0.3 is 24.6 Å². The van der Waals surface area contributed by atoms with Crippen LogP contribution in [-0.4, -0.2) is 38.3 Å². The van der Waals surface area contributed by atoms with Crippen LogP contribution in [0.25, 0.3) is 50.0 Å². The maximum atomic E-state index is 10.9. The Balaban J connectivity index is 1.17. The fourth-order valence-corrected chi connectivity index (χ4v) is 6.57. The highest BCUT2D eigenvalue weighted by molar-refractivity contribution is 6.13. The Bertz CT molecular complexity index is 2430. The van der Waals surface area contributed by atoms with Gasteiger partial charge in [-0.1, -0.05) is 78.9 Å². The van der Waals surface area contributed by atoms with Crippen molar-refractivity contribution in [3.63, 3.8) is 0 Å². The summed E-state index contributed by atoms with van der Waals surface area (Å²) in [7, 11) is 2.12. The number of fused-ring (bicyclic) bond motifs is 5. The standard InChI is InChI=1S/C38H28N6O2/c1-42-23-43(29-16-6-5-15-28(29)42)31-18-9-13-25-26-14-10-20-33(36(26)41-35(25)31)46-34-22-21-27-38(40-34)44(30-17-7-8-19-32(30)45)37(39-27)24-11-3-2-4-12-24/h2-22,41,45H,23H2,1H3. The number of benzene rings is 5. The Labute approximate surface area is 264 Å².